The fourth-order valence-corrected chi connectivity index (χ4v) is 0.740. The predicted molar refractivity (Wildman–Crippen MR) is 65.6 cm³/mol. The van der Waals surface area contributed by atoms with Gasteiger partial charge in [0.2, 0.25) is 0 Å². The maximum Gasteiger partial charge on any atom is 0.0616 e. The van der Waals surface area contributed by atoms with E-state index in [0.717, 1.165) is 16.8 Å². The lowest BCUT2D eigenvalue weighted by molar-refractivity contribution is 1.25. The van der Waals surface area contributed by atoms with Crippen molar-refractivity contribution in [1.82, 2.24) is 0 Å². The minimum Gasteiger partial charge on any atom is -0.257 e. The Morgan fingerprint density at radius 2 is 1.50 bits per heavy atom. The molecule has 1 heteroatoms. The second-order valence-electron chi connectivity index (χ2n) is 3.67. The molecule has 0 radical (unpaired) electrons. The van der Waals surface area contributed by atoms with Crippen LogP contribution in [0.1, 0.15) is 27.7 Å². The zero-order valence-electron chi connectivity index (χ0n) is 9.59. The zero-order chi connectivity index (χ0) is 11.1. The summed E-state index contributed by atoms with van der Waals surface area (Å²) in [5, 5.41) is 0. The third-order valence-corrected chi connectivity index (χ3v) is 1.46. The third-order valence-electron chi connectivity index (χ3n) is 1.46. The van der Waals surface area contributed by atoms with Crippen LogP contribution in [0.5, 0.6) is 0 Å². The average Bonchev–Trinajstić information content (AvgIpc) is 2.02. The van der Waals surface area contributed by atoms with Gasteiger partial charge in [-0.25, -0.2) is 0 Å². The van der Waals surface area contributed by atoms with E-state index in [2.05, 4.69) is 18.2 Å². The zero-order valence-corrected chi connectivity index (χ0v) is 9.59. The van der Waals surface area contributed by atoms with Crippen LogP contribution in [0.15, 0.2) is 52.7 Å². The van der Waals surface area contributed by atoms with Crippen molar-refractivity contribution in [3.05, 3.63) is 47.7 Å². The summed E-state index contributed by atoms with van der Waals surface area (Å²) in [5.41, 5.74) is 4.12. The van der Waals surface area contributed by atoms with Crippen LogP contribution in [-0.4, -0.2) is 6.21 Å². The number of rotatable bonds is 4. The Labute approximate surface area is 87.3 Å². The lowest BCUT2D eigenvalue weighted by Gasteiger charge is -1.97. The number of hydrogen-bond donors (Lipinski definition) is 0. The smallest absolute Gasteiger partial charge is 0.0616 e. The summed E-state index contributed by atoms with van der Waals surface area (Å²) >= 11 is 0. The highest BCUT2D eigenvalue weighted by molar-refractivity contribution is 5.77. The van der Waals surface area contributed by atoms with Crippen molar-refractivity contribution in [3.63, 3.8) is 0 Å². The molecule has 0 heterocycles. The second kappa shape index (κ2) is 6.14. The van der Waals surface area contributed by atoms with Gasteiger partial charge >= 0.3 is 0 Å². The first kappa shape index (κ1) is 12.6. The van der Waals surface area contributed by atoms with E-state index in [-0.39, 0.29) is 0 Å². The van der Waals surface area contributed by atoms with Crippen molar-refractivity contribution >= 4 is 6.21 Å². The Balaban J connectivity index is 4.74. The Morgan fingerprint density at radius 3 is 1.86 bits per heavy atom. The monoisotopic (exact) mass is 189 g/mol. The SMILES string of the molecule is C=C(C)/C=C\C(/N=C\C(=C)C)=C(C)C. The molecule has 0 aliphatic rings. The van der Waals surface area contributed by atoms with Gasteiger partial charge in [-0.3, -0.25) is 4.99 Å². The molecule has 0 saturated heterocycles. The highest BCUT2D eigenvalue weighted by Crippen LogP contribution is 2.08. The Bertz CT molecular complexity index is 284. The van der Waals surface area contributed by atoms with E-state index in [1.807, 2.05) is 39.8 Å². The van der Waals surface area contributed by atoms with E-state index in [9.17, 15) is 0 Å². The van der Waals surface area contributed by atoms with Gasteiger partial charge in [0.15, 0.2) is 0 Å². The van der Waals surface area contributed by atoms with E-state index in [1.165, 1.54) is 5.57 Å². The fraction of sp³-hybridized carbons (Fsp3) is 0.308. The normalized spacial score (nSPS) is 10.9. The van der Waals surface area contributed by atoms with Gasteiger partial charge in [-0.15, -0.1) is 0 Å². The van der Waals surface area contributed by atoms with Crippen LogP contribution in [0.25, 0.3) is 0 Å². The standard InChI is InChI=1S/C13H19N/c1-10(2)7-8-13(12(5)6)14-9-11(3)4/h7-9H,1,3H2,2,4-6H3/b8-7-,14-9-. The molecular formula is C13H19N. The summed E-state index contributed by atoms with van der Waals surface area (Å²) in [7, 11) is 0. The van der Waals surface area contributed by atoms with Crippen molar-refractivity contribution in [2.24, 2.45) is 4.99 Å². The Morgan fingerprint density at radius 1 is 0.929 bits per heavy atom. The molecule has 0 N–H and O–H groups in total. The van der Waals surface area contributed by atoms with E-state index in [1.54, 1.807) is 6.21 Å². The maximum absolute atomic E-state index is 4.32. The maximum atomic E-state index is 4.32. The van der Waals surface area contributed by atoms with Gasteiger partial charge in [-0.05, 0) is 39.3 Å². The molecule has 0 amide bonds. The van der Waals surface area contributed by atoms with Crippen molar-refractivity contribution in [1.29, 1.82) is 0 Å². The van der Waals surface area contributed by atoms with E-state index in [0.29, 0.717) is 0 Å². The fourth-order valence-electron chi connectivity index (χ4n) is 0.740. The Hall–Kier alpha value is -1.37. The van der Waals surface area contributed by atoms with Gasteiger partial charge in [0.25, 0.3) is 0 Å². The van der Waals surface area contributed by atoms with Gasteiger partial charge in [-0.1, -0.05) is 30.4 Å². The summed E-state index contributed by atoms with van der Waals surface area (Å²) in [6.07, 6.45) is 5.69. The largest absolute Gasteiger partial charge is 0.257 e. The summed E-state index contributed by atoms with van der Waals surface area (Å²) < 4.78 is 0. The van der Waals surface area contributed by atoms with Crippen LogP contribution in [-0.2, 0) is 0 Å². The van der Waals surface area contributed by atoms with Gasteiger partial charge in [-0.2, -0.15) is 0 Å². The average molecular weight is 189 g/mol. The molecule has 0 atom stereocenters. The molecule has 0 aliphatic carbocycles. The predicted octanol–water partition coefficient (Wildman–Crippen LogP) is 4.06. The lowest BCUT2D eigenvalue weighted by Crippen LogP contribution is -1.81. The number of allylic oxidation sites excluding steroid dienone is 5. The van der Waals surface area contributed by atoms with E-state index < -0.39 is 0 Å². The van der Waals surface area contributed by atoms with Crippen LogP contribution in [0, 0.1) is 0 Å². The molecule has 0 aliphatic heterocycles. The number of aliphatic imine (C=N–C) groups is 1. The molecule has 1 nitrogen and oxygen atoms in total. The molecule has 76 valence electrons. The molecule has 0 aromatic carbocycles. The Kier molecular flexibility index (Phi) is 5.54. The van der Waals surface area contributed by atoms with Gasteiger partial charge < -0.3 is 0 Å². The highest BCUT2D eigenvalue weighted by atomic mass is 14.7. The second-order valence-corrected chi connectivity index (χ2v) is 3.67. The van der Waals surface area contributed by atoms with Gasteiger partial charge in [0.1, 0.15) is 0 Å². The third kappa shape index (κ3) is 6.18. The lowest BCUT2D eigenvalue weighted by atomic mass is 10.2. The first-order valence-electron chi connectivity index (χ1n) is 4.64. The van der Waals surface area contributed by atoms with Crippen molar-refractivity contribution in [3.8, 4) is 0 Å². The summed E-state index contributed by atoms with van der Waals surface area (Å²) in [6, 6.07) is 0. The minimum atomic E-state index is 0.951. The van der Waals surface area contributed by atoms with E-state index in [4.69, 9.17) is 0 Å². The topological polar surface area (TPSA) is 12.4 Å². The quantitative estimate of drug-likeness (QED) is 0.467. The molecule has 0 spiro atoms. The minimum absolute atomic E-state index is 0.951. The van der Waals surface area contributed by atoms with Crippen LogP contribution < -0.4 is 0 Å². The molecule has 14 heavy (non-hydrogen) atoms. The first-order chi connectivity index (χ1) is 6.43. The van der Waals surface area contributed by atoms with Crippen molar-refractivity contribution in [2.75, 3.05) is 0 Å². The van der Waals surface area contributed by atoms with Gasteiger partial charge in [0, 0.05) is 6.21 Å². The van der Waals surface area contributed by atoms with E-state index >= 15 is 0 Å². The molecule has 0 unspecified atom stereocenters. The van der Waals surface area contributed by atoms with Crippen molar-refractivity contribution in [2.45, 2.75) is 27.7 Å². The van der Waals surface area contributed by atoms with Crippen LogP contribution in [0.3, 0.4) is 0 Å². The first-order valence-corrected chi connectivity index (χ1v) is 4.64. The van der Waals surface area contributed by atoms with Crippen molar-refractivity contribution < 1.29 is 0 Å². The molecule has 0 bridgehead atoms. The summed E-state index contributed by atoms with van der Waals surface area (Å²) in [5.74, 6) is 0. The number of hydrogen-bond acceptors (Lipinski definition) is 1. The molecular weight excluding hydrogens is 170 g/mol. The summed E-state index contributed by atoms with van der Waals surface area (Å²) in [4.78, 5) is 4.32. The van der Waals surface area contributed by atoms with Crippen LogP contribution in [0.4, 0.5) is 0 Å². The van der Waals surface area contributed by atoms with Crippen LogP contribution in [0.2, 0.25) is 0 Å². The molecule has 0 saturated carbocycles. The molecule has 0 aromatic rings. The molecule has 0 rings (SSSR count). The molecule has 0 aromatic heterocycles. The molecule has 0 fully saturated rings. The number of nitrogens with zero attached hydrogens (tertiary/aromatic N) is 1. The summed E-state index contributed by atoms with van der Waals surface area (Å²) in [6.45, 7) is 15.5. The highest BCUT2D eigenvalue weighted by Gasteiger charge is 1.90. The van der Waals surface area contributed by atoms with Gasteiger partial charge in [0.05, 0.1) is 5.70 Å². The van der Waals surface area contributed by atoms with Crippen LogP contribution >= 0.6 is 0 Å².